The maximum Gasteiger partial charge on any atom is 0.219 e. The van der Waals surface area contributed by atoms with E-state index in [9.17, 15) is 4.79 Å². The van der Waals surface area contributed by atoms with Gasteiger partial charge >= 0.3 is 0 Å². The molecule has 1 rings (SSSR count). The molecule has 0 bridgehead atoms. The van der Waals surface area contributed by atoms with Gasteiger partial charge in [-0.25, -0.2) is 0 Å². The van der Waals surface area contributed by atoms with Gasteiger partial charge in [0.15, 0.2) is 0 Å². The van der Waals surface area contributed by atoms with Gasteiger partial charge in [0.25, 0.3) is 0 Å². The Morgan fingerprint density at radius 1 is 1.64 bits per heavy atom. The minimum Gasteiger partial charge on any atom is -0.370 e. The third-order valence-electron chi connectivity index (χ3n) is 2.97. The summed E-state index contributed by atoms with van der Waals surface area (Å²) in [5.74, 6) is 0.778. The second-order valence-electron chi connectivity index (χ2n) is 3.85. The summed E-state index contributed by atoms with van der Waals surface area (Å²) < 4.78 is 0. The van der Waals surface area contributed by atoms with Crippen molar-refractivity contribution in [3.05, 3.63) is 0 Å². The lowest BCUT2D eigenvalue weighted by atomic mass is 9.60. The number of nitrogens with two attached hydrogens (primary N) is 2. The standard InChI is InChI=1S/C8H16N2O/c1-5-3-8(10,6(5)2)4-7(9)11/h5-6H,3-4,10H2,1-2H3,(H2,9,11). The van der Waals surface area contributed by atoms with Gasteiger partial charge in [0, 0.05) is 12.0 Å². The van der Waals surface area contributed by atoms with E-state index in [0.717, 1.165) is 6.42 Å². The van der Waals surface area contributed by atoms with E-state index in [2.05, 4.69) is 13.8 Å². The number of primary amides is 1. The van der Waals surface area contributed by atoms with Gasteiger partial charge in [0.1, 0.15) is 0 Å². The van der Waals surface area contributed by atoms with Gasteiger partial charge in [-0.2, -0.15) is 0 Å². The molecule has 3 unspecified atom stereocenters. The minimum absolute atomic E-state index is 0.286. The summed E-state index contributed by atoms with van der Waals surface area (Å²) in [6.45, 7) is 4.23. The zero-order valence-electron chi connectivity index (χ0n) is 7.13. The quantitative estimate of drug-likeness (QED) is 0.601. The molecule has 11 heavy (non-hydrogen) atoms. The van der Waals surface area contributed by atoms with Crippen LogP contribution in [0.15, 0.2) is 0 Å². The number of amides is 1. The van der Waals surface area contributed by atoms with E-state index in [1.54, 1.807) is 0 Å². The molecule has 1 amide bonds. The van der Waals surface area contributed by atoms with Gasteiger partial charge in [-0.05, 0) is 18.3 Å². The normalized spacial score (nSPS) is 43.2. The molecular formula is C8H16N2O. The van der Waals surface area contributed by atoms with Crippen molar-refractivity contribution in [2.24, 2.45) is 23.3 Å². The third-order valence-corrected chi connectivity index (χ3v) is 2.97. The highest BCUT2D eigenvalue weighted by atomic mass is 16.1. The fourth-order valence-corrected chi connectivity index (χ4v) is 1.93. The van der Waals surface area contributed by atoms with Crippen LogP contribution < -0.4 is 11.5 Å². The first-order chi connectivity index (χ1) is 4.96. The highest BCUT2D eigenvalue weighted by molar-refractivity contribution is 5.75. The van der Waals surface area contributed by atoms with Crippen molar-refractivity contribution in [2.45, 2.75) is 32.2 Å². The van der Waals surface area contributed by atoms with Crippen LogP contribution in [0.3, 0.4) is 0 Å². The van der Waals surface area contributed by atoms with Crippen LogP contribution in [-0.4, -0.2) is 11.4 Å². The van der Waals surface area contributed by atoms with Crippen molar-refractivity contribution in [2.75, 3.05) is 0 Å². The average molecular weight is 156 g/mol. The summed E-state index contributed by atoms with van der Waals surface area (Å²) >= 11 is 0. The molecule has 1 fully saturated rings. The van der Waals surface area contributed by atoms with E-state index in [1.807, 2.05) is 0 Å². The Labute approximate surface area is 67.1 Å². The number of hydrogen-bond donors (Lipinski definition) is 2. The number of carbonyl (C=O) groups is 1. The van der Waals surface area contributed by atoms with Gasteiger partial charge in [0.2, 0.25) is 5.91 Å². The molecule has 4 N–H and O–H groups in total. The van der Waals surface area contributed by atoms with Crippen LogP contribution >= 0.6 is 0 Å². The SMILES string of the molecule is CC1CC(N)(CC(N)=O)C1C. The Hall–Kier alpha value is -0.570. The lowest BCUT2D eigenvalue weighted by Crippen LogP contribution is -2.60. The van der Waals surface area contributed by atoms with Gasteiger partial charge in [-0.15, -0.1) is 0 Å². The Balaban J connectivity index is 2.51. The summed E-state index contributed by atoms with van der Waals surface area (Å²) in [6.07, 6.45) is 1.26. The molecule has 0 heterocycles. The van der Waals surface area contributed by atoms with Gasteiger partial charge < -0.3 is 11.5 Å². The van der Waals surface area contributed by atoms with Gasteiger partial charge in [-0.1, -0.05) is 13.8 Å². The first-order valence-corrected chi connectivity index (χ1v) is 4.03. The molecule has 3 atom stereocenters. The Morgan fingerprint density at radius 2 is 2.18 bits per heavy atom. The predicted octanol–water partition coefficient (Wildman–Crippen LogP) is 0.235. The average Bonchev–Trinajstić information content (AvgIpc) is 1.85. The molecule has 0 aromatic rings. The molecule has 1 saturated carbocycles. The number of carbonyl (C=O) groups excluding carboxylic acids is 1. The van der Waals surface area contributed by atoms with E-state index in [4.69, 9.17) is 11.5 Å². The van der Waals surface area contributed by atoms with Crippen molar-refractivity contribution in [3.63, 3.8) is 0 Å². The van der Waals surface area contributed by atoms with Crippen LogP contribution in [0.25, 0.3) is 0 Å². The van der Waals surface area contributed by atoms with Crippen LogP contribution in [0.5, 0.6) is 0 Å². The van der Waals surface area contributed by atoms with E-state index in [-0.39, 0.29) is 11.4 Å². The number of hydrogen-bond acceptors (Lipinski definition) is 2. The van der Waals surface area contributed by atoms with Crippen molar-refractivity contribution in [1.29, 1.82) is 0 Å². The monoisotopic (exact) mass is 156 g/mol. The highest BCUT2D eigenvalue weighted by Crippen LogP contribution is 2.43. The Kier molecular flexibility index (Phi) is 1.92. The van der Waals surface area contributed by atoms with Crippen molar-refractivity contribution in [3.8, 4) is 0 Å². The lowest BCUT2D eigenvalue weighted by Gasteiger charge is -2.50. The fourth-order valence-electron chi connectivity index (χ4n) is 1.93. The zero-order valence-corrected chi connectivity index (χ0v) is 7.13. The van der Waals surface area contributed by atoms with E-state index >= 15 is 0 Å². The fraction of sp³-hybridized carbons (Fsp3) is 0.875. The van der Waals surface area contributed by atoms with Crippen molar-refractivity contribution < 1.29 is 4.79 Å². The maximum absolute atomic E-state index is 10.6. The highest BCUT2D eigenvalue weighted by Gasteiger charge is 2.46. The second kappa shape index (κ2) is 2.48. The molecule has 0 radical (unpaired) electrons. The predicted molar refractivity (Wildman–Crippen MR) is 43.7 cm³/mol. The van der Waals surface area contributed by atoms with E-state index < -0.39 is 0 Å². The molecule has 64 valence electrons. The second-order valence-corrected chi connectivity index (χ2v) is 3.85. The van der Waals surface area contributed by atoms with E-state index in [1.165, 1.54) is 0 Å². The number of rotatable bonds is 2. The maximum atomic E-state index is 10.6. The van der Waals surface area contributed by atoms with E-state index in [0.29, 0.717) is 18.3 Å². The molecule has 0 aliphatic heterocycles. The summed E-state index contributed by atoms with van der Waals surface area (Å²) in [6, 6.07) is 0. The van der Waals surface area contributed by atoms with Crippen LogP contribution in [0.1, 0.15) is 26.7 Å². The molecule has 3 heteroatoms. The van der Waals surface area contributed by atoms with Crippen LogP contribution in [0.2, 0.25) is 0 Å². The summed E-state index contributed by atoms with van der Waals surface area (Å²) in [4.78, 5) is 10.6. The molecule has 3 nitrogen and oxygen atoms in total. The first kappa shape index (κ1) is 8.53. The molecular weight excluding hydrogens is 140 g/mol. The zero-order chi connectivity index (χ0) is 8.65. The molecule has 0 saturated heterocycles. The first-order valence-electron chi connectivity index (χ1n) is 4.03. The van der Waals surface area contributed by atoms with Crippen LogP contribution in [-0.2, 0) is 4.79 Å². The summed E-state index contributed by atoms with van der Waals surface area (Å²) in [7, 11) is 0. The van der Waals surface area contributed by atoms with Gasteiger partial charge in [0.05, 0.1) is 0 Å². The molecule has 0 spiro atoms. The lowest BCUT2D eigenvalue weighted by molar-refractivity contribution is -0.121. The summed E-state index contributed by atoms with van der Waals surface area (Å²) in [5, 5.41) is 0. The van der Waals surface area contributed by atoms with Crippen molar-refractivity contribution in [1.82, 2.24) is 0 Å². The minimum atomic E-state index is -0.300. The van der Waals surface area contributed by atoms with Crippen LogP contribution in [0, 0.1) is 11.8 Å². The Morgan fingerprint density at radius 3 is 2.45 bits per heavy atom. The van der Waals surface area contributed by atoms with Crippen LogP contribution in [0.4, 0.5) is 0 Å². The molecule has 1 aliphatic rings. The third kappa shape index (κ3) is 1.38. The smallest absolute Gasteiger partial charge is 0.219 e. The van der Waals surface area contributed by atoms with Gasteiger partial charge in [-0.3, -0.25) is 4.79 Å². The molecule has 0 aromatic carbocycles. The Bertz CT molecular complexity index is 181. The molecule has 0 aromatic heterocycles. The topological polar surface area (TPSA) is 69.1 Å². The summed E-state index contributed by atoms with van der Waals surface area (Å²) in [5.41, 5.74) is 10.7. The largest absolute Gasteiger partial charge is 0.370 e. The molecule has 1 aliphatic carbocycles. The van der Waals surface area contributed by atoms with Crippen molar-refractivity contribution >= 4 is 5.91 Å².